The first kappa shape index (κ1) is 26.1. The Labute approximate surface area is 208 Å². The van der Waals surface area contributed by atoms with Gasteiger partial charge >= 0.3 is 0 Å². The van der Waals surface area contributed by atoms with Crippen LogP contribution in [0.25, 0.3) is 0 Å². The molecule has 1 aliphatic heterocycles. The predicted octanol–water partition coefficient (Wildman–Crippen LogP) is 3.27. The van der Waals surface area contributed by atoms with Gasteiger partial charge in [0, 0.05) is 46.3 Å². The highest BCUT2D eigenvalue weighted by molar-refractivity contribution is 14.0. The molecule has 3 rings (SSSR count). The van der Waals surface area contributed by atoms with Crippen molar-refractivity contribution in [3.05, 3.63) is 53.6 Å². The maximum atomic E-state index is 5.49. The largest absolute Gasteiger partial charge is 0.493 e. The van der Waals surface area contributed by atoms with Gasteiger partial charge in [-0.15, -0.1) is 24.0 Å². The standard InChI is InChI=1S/C24H34N4O3.HI/c1-25-24(26-11-10-19-8-6-5-7-9-19)28-14-12-27(13-15-28)18-20-16-21(29-2)23(31-4)22(17-20)30-3;/h5-9,16-17H,10-15,18H2,1-4H3,(H,25,26);1H. The highest BCUT2D eigenvalue weighted by Gasteiger charge is 2.21. The van der Waals surface area contributed by atoms with E-state index in [1.54, 1.807) is 21.3 Å². The van der Waals surface area contributed by atoms with Gasteiger partial charge in [0.15, 0.2) is 17.5 Å². The van der Waals surface area contributed by atoms with Crippen LogP contribution >= 0.6 is 24.0 Å². The smallest absolute Gasteiger partial charge is 0.203 e. The van der Waals surface area contributed by atoms with Crippen LogP contribution in [0.4, 0.5) is 0 Å². The molecule has 0 aromatic heterocycles. The molecule has 0 saturated carbocycles. The topological polar surface area (TPSA) is 58.6 Å². The van der Waals surface area contributed by atoms with Crippen molar-refractivity contribution < 1.29 is 14.2 Å². The van der Waals surface area contributed by atoms with Crippen LogP contribution in [-0.2, 0) is 13.0 Å². The van der Waals surface area contributed by atoms with Crippen LogP contribution in [0.3, 0.4) is 0 Å². The summed E-state index contributed by atoms with van der Waals surface area (Å²) in [5, 5.41) is 3.51. The Morgan fingerprint density at radius 2 is 1.53 bits per heavy atom. The Morgan fingerprint density at radius 3 is 2.06 bits per heavy atom. The minimum absolute atomic E-state index is 0. The fraction of sp³-hybridized carbons (Fsp3) is 0.458. The molecular formula is C24H35IN4O3. The van der Waals surface area contributed by atoms with Gasteiger partial charge in [0.1, 0.15) is 0 Å². The number of rotatable bonds is 8. The third-order valence-corrected chi connectivity index (χ3v) is 5.55. The van der Waals surface area contributed by atoms with Crippen LogP contribution < -0.4 is 19.5 Å². The van der Waals surface area contributed by atoms with Crippen molar-refractivity contribution in [3.8, 4) is 17.2 Å². The highest BCUT2D eigenvalue weighted by Crippen LogP contribution is 2.38. The summed E-state index contributed by atoms with van der Waals surface area (Å²) in [7, 11) is 6.78. The van der Waals surface area contributed by atoms with Crippen LogP contribution in [0, 0.1) is 0 Å². The zero-order valence-electron chi connectivity index (χ0n) is 19.5. The van der Waals surface area contributed by atoms with E-state index in [0.29, 0.717) is 17.2 Å². The molecule has 7 nitrogen and oxygen atoms in total. The van der Waals surface area contributed by atoms with E-state index in [9.17, 15) is 0 Å². The molecule has 32 heavy (non-hydrogen) atoms. The van der Waals surface area contributed by atoms with Crippen LogP contribution in [0.1, 0.15) is 11.1 Å². The molecule has 176 valence electrons. The summed E-state index contributed by atoms with van der Waals surface area (Å²) in [6.07, 6.45) is 0.987. The second kappa shape index (κ2) is 13.4. The zero-order valence-corrected chi connectivity index (χ0v) is 21.8. The molecule has 1 aliphatic rings. The van der Waals surface area contributed by atoms with Crippen LogP contribution in [0.5, 0.6) is 17.2 Å². The lowest BCUT2D eigenvalue weighted by atomic mass is 10.1. The second-order valence-electron chi connectivity index (χ2n) is 7.51. The molecule has 2 aromatic carbocycles. The summed E-state index contributed by atoms with van der Waals surface area (Å²) in [6.45, 7) is 5.53. The first-order chi connectivity index (χ1) is 15.2. The van der Waals surface area contributed by atoms with E-state index in [4.69, 9.17) is 14.2 Å². The lowest BCUT2D eigenvalue weighted by Crippen LogP contribution is -2.52. The first-order valence-corrected chi connectivity index (χ1v) is 10.7. The molecule has 0 radical (unpaired) electrons. The number of hydrogen-bond donors (Lipinski definition) is 1. The van der Waals surface area contributed by atoms with E-state index in [0.717, 1.165) is 57.2 Å². The fourth-order valence-corrected chi connectivity index (χ4v) is 3.90. The molecule has 0 spiro atoms. The maximum Gasteiger partial charge on any atom is 0.203 e. The number of nitrogens with zero attached hydrogens (tertiary/aromatic N) is 3. The fourth-order valence-electron chi connectivity index (χ4n) is 3.90. The first-order valence-electron chi connectivity index (χ1n) is 10.7. The SMILES string of the molecule is CN=C(NCCc1ccccc1)N1CCN(Cc2cc(OC)c(OC)c(OC)c2)CC1.I. The summed E-state index contributed by atoms with van der Waals surface area (Å²) in [4.78, 5) is 9.25. The highest BCUT2D eigenvalue weighted by atomic mass is 127. The number of hydrogen-bond acceptors (Lipinski definition) is 5. The molecule has 0 unspecified atom stereocenters. The van der Waals surface area contributed by atoms with Crippen molar-refractivity contribution in [2.45, 2.75) is 13.0 Å². The Bertz CT molecular complexity index is 831. The van der Waals surface area contributed by atoms with Gasteiger partial charge in [0.05, 0.1) is 21.3 Å². The molecule has 1 fully saturated rings. The summed E-state index contributed by atoms with van der Waals surface area (Å²) in [5.41, 5.74) is 2.48. The van der Waals surface area contributed by atoms with Crippen LogP contribution in [-0.4, -0.2) is 76.9 Å². The van der Waals surface area contributed by atoms with E-state index in [1.807, 2.05) is 25.2 Å². The molecule has 2 aromatic rings. The lowest BCUT2D eigenvalue weighted by molar-refractivity contribution is 0.172. The van der Waals surface area contributed by atoms with E-state index >= 15 is 0 Å². The molecule has 1 heterocycles. The van der Waals surface area contributed by atoms with Crippen molar-refractivity contribution in [3.63, 3.8) is 0 Å². The Morgan fingerprint density at radius 1 is 0.906 bits per heavy atom. The number of ether oxygens (including phenoxy) is 3. The summed E-state index contributed by atoms with van der Waals surface area (Å²) in [5.74, 6) is 2.99. The van der Waals surface area contributed by atoms with Crippen molar-refractivity contribution in [2.24, 2.45) is 4.99 Å². The summed E-state index contributed by atoms with van der Waals surface area (Å²) in [6, 6.07) is 14.6. The normalized spacial score (nSPS) is 14.5. The number of piperazine rings is 1. The van der Waals surface area contributed by atoms with E-state index in [2.05, 4.69) is 44.4 Å². The van der Waals surface area contributed by atoms with Gasteiger partial charge in [-0.1, -0.05) is 30.3 Å². The van der Waals surface area contributed by atoms with Gasteiger partial charge in [-0.05, 0) is 29.7 Å². The van der Waals surface area contributed by atoms with Crippen LogP contribution in [0.15, 0.2) is 47.5 Å². The van der Waals surface area contributed by atoms with Crippen molar-refractivity contribution >= 4 is 29.9 Å². The van der Waals surface area contributed by atoms with E-state index in [-0.39, 0.29) is 24.0 Å². The minimum atomic E-state index is 0. The molecular weight excluding hydrogens is 519 g/mol. The van der Waals surface area contributed by atoms with Crippen molar-refractivity contribution in [1.82, 2.24) is 15.1 Å². The van der Waals surface area contributed by atoms with Crippen LogP contribution in [0.2, 0.25) is 0 Å². The number of benzene rings is 2. The second-order valence-corrected chi connectivity index (χ2v) is 7.51. The average molecular weight is 554 g/mol. The quantitative estimate of drug-likeness (QED) is 0.307. The van der Waals surface area contributed by atoms with E-state index in [1.165, 1.54) is 5.56 Å². The van der Waals surface area contributed by atoms with Gasteiger partial charge in [0.2, 0.25) is 5.75 Å². The molecule has 0 atom stereocenters. The van der Waals surface area contributed by atoms with Gasteiger partial charge in [0.25, 0.3) is 0 Å². The number of methoxy groups -OCH3 is 3. The molecule has 0 bridgehead atoms. The van der Waals surface area contributed by atoms with E-state index < -0.39 is 0 Å². The molecule has 0 amide bonds. The predicted molar refractivity (Wildman–Crippen MR) is 140 cm³/mol. The number of halogens is 1. The molecule has 1 saturated heterocycles. The number of guanidine groups is 1. The minimum Gasteiger partial charge on any atom is -0.493 e. The van der Waals surface area contributed by atoms with Gasteiger partial charge in [-0.2, -0.15) is 0 Å². The van der Waals surface area contributed by atoms with Gasteiger partial charge in [-0.3, -0.25) is 9.89 Å². The molecule has 8 heteroatoms. The Kier molecular flexibility index (Phi) is 10.9. The zero-order chi connectivity index (χ0) is 22.1. The number of nitrogens with one attached hydrogen (secondary N) is 1. The third-order valence-electron chi connectivity index (χ3n) is 5.55. The Hall–Kier alpha value is -2.20. The van der Waals surface area contributed by atoms with Gasteiger partial charge < -0.3 is 24.4 Å². The Balaban J connectivity index is 0.00000363. The lowest BCUT2D eigenvalue weighted by Gasteiger charge is -2.36. The molecule has 0 aliphatic carbocycles. The summed E-state index contributed by atoms with van der Waals surface area (Å²) >= 11 is 0. The summed E-state index contributed by atoms with van der Waals surface area (Å²) < 4.78 is 16.4. The monoisotopic (exact) mass is 554 g/mol. The average Bonchev–Trinajstić information content (AvgIpc) is 2.82. The third kappa shape index (κ3) is 6.90. The van der Waals surface area contributed by atoms with Crippen molar-refractivity contribution in [1.29, 1.82) is 0 Å². The van der Waals surface area contributed by atoms with Gasteiger partial charge in [-0.25, -0.2) is 0 Å². The molecule has 1 N–H and O–H groups in total. The van der Waals surface area contributed by atoms with Crippen molar-refractivity contribution in [2.75, 3.05) is 61.1 Å². The maximum absolute atomic E-state index is 5.49. The number of aliphatic imine (C=N–C) groups is 1.